The Balaban J connectivity index is 1.98. The van der Waals surface area contributed by atoms with Crippen molar-refractivity contribution in [2.75, 3.05) is 13.1 Å². The summed E-state index contributed by atoms with van der Waals surface area (Å²) < 4.78 is 0. The molecule has 0 aromatic heterocycles. The fourth-order valence-electron chi connectivity index (χ4n) is 3.11. The highest BCUT2D eigenvalue weighted by molar-refractivity contribution is 5.14. The summed E-state index contributed by atoms with van der Waals surface area (Å²) in [5, 5.41) is 0. The van der Waals surface area contributed by atoms with E-state index in [1.807, 2.05) is 0 Å². The predicted octanol–water partition coefficient (Wildman–Crippen LogP) is 4.09. The topological polar surface area (TPSA) is 3.24 Å². The van der Waals surface area contributed by atoms with E-state index in [1.54, 1.807) is 0 Å². The standard InChI is InChI=1S/C16H25N/c1-3-16(4-2)11-8-12-17(14-16)13-15-9-6-5-7-10-15/h5-7,9-10H,3-4,8,11-14H2,1-2H3. The van der Waals surface area contributed by atoms with Gasteiger partial charge in [0, 0.05) is 13.1 Å². The predicted molar refractivity (Wildman–Crippen MR) is 74.0 cm³/mol. The average molecular weight is 231 g/mol. The Labute approximate surface area is 106 Å². The first kappa shape index (κ1) is 12.6. The van der Waals surface area contributed by atoms with Crippen molar-refractivity contribution in [2.24, 2.45) is 5.41 Å². The van der Waals surface area contributed by atoms with Crippen molar-refractivity contribution in [3.63, 3.8) is 0 Å². The van der Waals surface area contributed by atoms with Crippen molar-refractivity contribution in [2.45, 2.75) is 46.1 Å². The van der Waals surface area contributed by atoms with Gasteiger partial charge in [-0.15, -0.1) is 0 Å². The summed E-state index contributed by atoms with van der Waals surface area (Å²) >= 11 is 0. The highest BCUT2D eigenvalue weighted by atomic mass is 15.1. The lowest BCUT2D eigenvalue weighted by atomic mass is 9.75. The van der Waals surface area contributed by atoms with Crippen LogP contribution in [0.5, 0.6) is 0 Å². The molecule has 0 unspecified atom stereocenters. The lowest BCUT2D eigenvalue weighted by Gasteiger charge is -2.42. The molecule has 0 amide bonds. The Hall–Kier alpha value is -0.820. The minimum absolute atomic E-state index is 0.590. The van der Waals surface area contributed by atoms with Crippen LogP contribution in [0.4, 0.5) is 0 Å². The molecule has 0 atom stereocenters. The SMILES string of the molecule is CCC1(CC)CCCN(Cc2ccccc2)C1. The van der Waals surface area contributed by atoms with Gasteiger partial charge in [-0.25, -0.2) is 0 Å². The lowest BCUT2D eigenvalue weighted by molar-refractivity contribution is 0.0750. The fourth-order valence-corrected chi connectivity index (χ4v) is 3.11. The summed E-state index contributed by atoms with van der Waals surface area (Å²) in [6.07, 6.45) is 5.45. The first-order chi connectivity index (χ1) is 8.28. The van der Waals surface area contributed by atoms with Crippen LogP contribution in [0.2, 0.25) is 0 Å². The largest absolute Gasteiger partial charge is 0.299 e. The van der Waals surface area contributed by atoms with E-state index in [9.17, 15) is 0 Å². The second-order valence-electron chi connectivity index (χ2n) is 5.51. The number of likely N-dealkylation sites (tertiary alicyclic amines) is 1. The number of benzene rings is 1. The zero-order valence-electron chi connectivity index (χ0n) is 11.3. The molecule has 1 aliphatic rings. The second-order valence-corrected chi connectivity index (χ2v) is 5.51. The van der Waals surface area contributed by atoms with Crippen LogP contribution in [0.1, 0.15) is 45.1 Å². The number of nitrogens with zero attached hydrogens (tertiary/aromatic N) is 1. The van der Waals surface area contributed by atoms with Gasteiger partial charge in [0.25, 0.3) is 0 Å². The van der Waals surface area contributed by atoms with Gasteiger partial charge < -0.3 is 0 Å². The van der Waals surface area contributed by atoms with E-state index < -0.39 is 0 Å². The number of hydrogen-bond donors (Lipinski definition) is 0. The highest BCUT2D eigenvalue weighted by Gasteiger charge is 2.31. The van der Waals surface area contributed by atoms with Gasteiger partial charge in [-0.3, -0.25) is 4.90 Å². The lowest BCUT2D eigenvalue weighted by Crippen LogP contribution is -2.42. The van der Waals surface area contributed by atoms with E-state index in [1.165, 1.54) is 44.3 Å². The molecule has 0 bridgehead atoms. The van der Waals surface area contributed by atoms with Gasteiger partial charge in [0.1, 0.15) is 0 Å². The van der Waals surface area contributed by atoms with Crippen LogP contribution in [-0.2, 0) is 6.54 Å². The van der Waals surface area contributed by atoms with Crippen molar-refractivity contribution >= 4 is 0 Å². The molecule has 0 N–H and O–H groups in total. The van der Waals surface area contributed by atoms with E-state index >= 15 is 0 Å². The van der Waals surface area contributed by atoms with Crippen LogP contribution in [0.3, 0.4) is 0 Å². The molecule has 0 aliphatic carbocycles. The van der Waals surface area contributed by atoms with Crippen LogP contribution >= 0.6 is 0 Å². The maximum absolute atomic E-state index is 2.64. The number of hydrogen-bond acceptors (Lipinski definition) is 1. The molecule has 1 heteroatoms. The Morgan fingerprint density at radius 2 is 1.82 bits per heavy atom. The minimum atomic E-state index is 0.590. The summed E-state index contributed by atoms with van der Waals surface area (Å²) in [5.41, 5.74) is 2.04. The molecule has 1 heterocycles. The number of piperidine rings is 1. The molecule has 1 saturated heterocycles. The third-order valence-corrected chi connectivity index (χ3v) is 4.49. The molecule has 0 saturated carbocycles. The van der Waals surface area contributed by atoms with Gasteiger partial charge in [-0.1, -0.05) is 44.2 Å². The van der Waals surface area contributed by atoms with Gasteiger partial charge in [0.2, 0.25) is 0 Å². The van der Waals surface area contributed by atoms with E-state index in [0.29, 0.717) is 5.41 Å². The van der Waals surface area contributed by atoms with E-state index in [0.717, 1.165) is 6.54 Å². The molecular weight excluding hydrogens is 206 g/mol. The van der Waals surface area contributed by atoms with Gasteiger partial charge in [0.15, 0.2) is 0 Å². The van der Waals surface area contributed by atoms with Crippen LogP contribution in [0.25, 0.3) is 0 Å². The molecular formula is C16H25N. The fraction of sp³-hybridized carbons (Fsp3) is 0.625. The zero-order valence-corrected chi connectivity index (χ0v) is 11.3. The maximum atomic E-state index is 2.64. The van der Waals surface area contributed by atoms with Crippen molar-refractivity contribution in [3.05, 3.63) is 35.9 Å². The van der Waals surface area contributed by atoms with Crippen LogP contribution < -0.4 is 0 Å². The molecule has 1 aliphatic heterocycles. The number of rotatable bonds is 4. The van der Waals surface area contributed by atoms with Crippen molar-refractivity contribution in [1.82, 2.24) is 4.90 Å². The quantitative estimate of drug-likeness (QED) is 0.754. The van der Waals surface area contributed by atoms with Crippen LogP contribution in [0, 0.1) is 5.41 Å². The molecule has 94 valence electrons. The summed E-state index contributed by atoms with van der Waals surface area (Å²) in [7, 11) is 0. The van der Waals surface area contributed by atoms with Gasteiger partial charge in [0.05, 0.1) is 0 Å². The molecule has 1 fully saturated rings. The summed E-state index contributed by atoms with van der Waals surface area (Å²) in [6, 6.07) is 10.9. The van der Waals surface area contributed by atoms with Crippen molar-refractivity contribution in [3.8, 4) is 0 Å². The Kier molecular flexibility index (Phi) is 4.22. The first-order valence-electron chi connectivity index (χ1n) is 7.04. The smallest absolute Gasteiger partial charge is 0.0233 e. The monoisotopic (exact) mass is 231 g/mol. The van der Waals surface area contributed by atoms with Crippen molar-refractivity contribution < 1.29 is 0 Å². The van der Waals surface area contributed by atoms with Gasteiger partial charge >= 0.3 is 0 Å². The average Bonchev–Trinajstić information content (AvgIpc) is 2.40. The summed E-state index contributed by atoms with van der Waals surface area (Å²) in [6.45, 7) is 8.40. The summed E-state index contributed by atoms with van der Waals surface area (Å²) in [4.78, 5) is 2.64. The molecule has 2 rings (SSSR count). The Morgan fingerprint density at radius 1 is 1.12 bits per heavy atom. The van der Waals surface area contributed by atoms with E-state index in [2.05, 4.69) is 49.1 Å². The second kappa shape index (κ2) is 5.68. The molecule has 1 aromatic carbocycles. The normalized spacial score (nSPS) is 20.4. The minimum Gasteiger partial charge on any atom is -0.299 e. The Morgan fingerprint density at radius 3 is 2.47 bits per heavy atom. The summed E-state index contributed by atoms with van der Waals surface area (Å²) in [5.74, 6) is 0. The van der Waals surface area contributed by atoms with E-state index in [4.69, 9.17) is 0 Å². The third kappa shape index (κ3) is 3.10. The van der Waals surface area contributed by atoms with Crippen LogP contribution in [0.15, 0.2) is 30.3 Å². The molecule has 17 heavy (non-hydrogen) atoms. The van der Waals surface area contributed by atoms with Gasteiger partial charge in [-0.2, -0.15) is 0 Å². The molecule has 0 spiro atoms. The Bertz CT molecular complexity index is 327. The van der Waals surface area contributed by atoms with Gasteiger partial charge in [-0.05, 0) is 43.2 Å². The zero-order chi connectivity index (χ0) is 12.1. The maximum Gasteiger partial charge on any atom is 0.0233 e. The molecule has 1 nitrogen and oxygen atoms in total. The van der Waals surface area contributed by atoms with Crippen molar-refractivity contribution in [1.29, 1.82) is 0 Å². The molecule has 1 aromatic rings. The third-order valence-electron chi connectivity index (χ3n) is 4.49. The van der Waals surface area contributed by atoms with Crippen LogP contribution in [-0.4, -0.2) is 18.0 Å². The first-order valence-corrected chi connectivity index (χ1v) is 7.04. The highest BCUT2D eigenvalue weighted by Crippen LogP contribution is 2.36. The molecule has 0 radical (unpaired) electrons. The van der Waals surface area contributed by atoms with E-state index in [-0.39, 0.29) is 0 Å².